The van der Waals surface area contributed by atoms with Crippen LogP contribution in [0.3, 0.4) is 0 Å². The van der Waals surface area contributed by atoms with Crippen LogP contribution in [-0.4, -0.2) is 95.7 Å². The van der Waals surface area contributed by atoms with Crippen LogP contribution in [-0.2, 0) is 19.1 Å². The highest BCUT2D eigenvalue weighted by Gasteiger charge is 2.30. The lowest BCUT2D eigenvalue weighted by atomic mass is 9.91. The summed E-state index contributed by atoms with van der Waals surface area (Å²) in [5.74, 6) is -4.25. The number of hydrogen-bond donors (Lipinski definition) is 4. The van der Waals surface area contributed by atoms with Crippen molar-refractivity contribution in [1.82, 2.24) is 10.3 Å². The van der Waals surface area contributed by atoms with Crippen molar-refractivity contribution in [1.29, 1.82) is 0 Å². The number of aliphatic hydroxyl groups is 1. The maximum Gasteiger partial charge on any atom is 0.414 e. The highest BCUT2D eigenvalue weighted by Crippen LogP contribution is 2.40. The number of esters is 2. The Bertz CT molecular complexity index is 1540. The van der Waals surface area contributed by atoms with Crippen LogP contribution in [0.25, 0.3) is 11.1 Å². The molecule has 258 valence electrons. The van der Waals surface area contributed by atoms with Gasteiger partial charge in [0.2, 0.25) is 0 Å². The Hall–Kier alpha value is -5.61. The third-order valence-corrected chi connectivity index (χ3v) is 6.54. The average Bonchev–Trinajstić information content (AvgIpc) is 3.06. The number of unbranched alkanes of at least 4 members (excludes halogenated alkanes) is 1. The molecule has 0 fully saturated rings. The molecular weight excluding hydrogens is 634 g/mol. The van der Waals surface area contributed by atoms with Gasteiger partial charge in [-0.2, -0.15) is 0 Å². The van der Waals surface area contributed by atoms with E-state index in [4.69, 9.17) is 38.7 Å². The van der Waals surface area contributed by atoms with E-state index in [1.54, 1.807) is 13.8 Å². The predicted molar refractivity (Wildman–Crippen MR) is 169 cm³/mol. The van der Waals surface area contributed by atoms with Gasteiger partial charge in [-0.3, -0.25) is 15.1 Å². The van der Waals surface area contributed by atoms with Crippen molar-refractivity contribution < 1.29 is 58.4 Å². The van der Waals surface area contributed by atoms with E-state index in [2.05, 4.69) is 10.3 Å². The first-order valence-electron chi connectivity index (χ1n) is 14.4. The van der Waals surface area contributed by atoms with Crippen LogP contribution >= 0.6 is 0 Å². The van der Waals surface area contributed by atoms with E-state index < -0.39 is 34.9 Å². The second-order valence-electron chi connectivity index (χ2n) is 9.98. The van der Waals surface area contributed by atoms with Crippen LogP contribution in [0.5, 0.6) is 11.5 Å². The molecule has 0 spiro atoms. The molecule has 1 heterocycles. The number of carboxylic acid groups (broad SMARTS) is 2. The lowest BCUT2D eigenvalue weighted by Gasteiger charge is -2.19. The number of para-hydroxylation sites is 1. The van der Waals surface area contributed by atoms with Crippen molar-refractivity contribution in [2.24, 2.45) is 0 Å². The number of nitro groups is 1. The number of rotatable bonds is 15. The van der Waals surface area contributed by atoms with Gasteiger partial charge in [0.1, 0.15) is 24.2 Å². The predicted octanol–water partition coefficient (Wildman–Crippen LogP) is 3.19. The lowest BCUT2D eigenvalue weighted by molar-refractivity contribution is -0.384. The summed E-state index contributed by atoms with van der Waals surface area (Å²) < 4.78 is 21.5. The Kier molecular flexibility index (Phi) is 15.4. The Morgan fingerprint density at radius 2 is 1.48 bits per heavy atom. The molecule has 2 aromatic carbocycles. The first-order chi connectivity index (χ1) is 22.8. The number of benzene rings is 2. The van der Waals surface area contributed by atoms with Crippen LogP contribution in [0.1, 0.15) is 44.9 Å². The monoisotopic (exact) mass is 671 g/mol. The van der Waals surface area contributed by atoms with E-state index in [-0.39, 0.29) is 58.3 Å². The summed E-state index contributed by atoms with van der Waals surface area (Å²) >= 11 is 0. The minimum atomic E-state index is -1.82. The molecule has 4 N–H and O–H groups in total. The van der Waals surface area contributed by atoms with E-state index in [9.17, 15) is 24.8 Å². The molecule has 3 rings (SSSR count). The minimum absolute atomic E-state index is 0.0205. The molecule has 0 saturated carbocycles. The molecule has 48 heavy (non-hydrogen) atoms. The maximum absolute atomic E-state index is 12.8. The summed E-state index contributed by atoms with van der Waals surface area (Å²) in [6.45, 7) is 4.54. The number of carbonyl (C=O) groups excluding carboxylic acids is 2. The molecule has 0 bridgehead atoms. The van der Waals surface area contributed by atoms with Crippen molar-refractivity contribution in [2.45, 2.75) is 32.8 Å². The fourth-order valence-electron chi connectivity index (χ4n) is 4.35. The van der Waals surface area contributed by atoms with Gasteiger partial charge in [0.25, 0.3) is 5.69 Å². The number of pyridine rings is 1. The third kappa shape index (κ3) is 11.3. The Morgan fingerprint density at radius 1 is 0.896 bits per heavy atom. The summed E-state index contributed by atoms with van der Waals surface area (Å²) in [6, 6.07) is 13.2. The molecule has 0 unspecified atom stereocenters. The molecule has 0 saturated heterocycles. The van der Waals surface area contributed by atoms with E-state index in [0.717, 1.165) is 0 Å². The van der Waals surface area contributed by atoms with Gasteiger partial charge in [0.15, 0.2) is 0 Å². The smallest absolute Gasteiger partial charge is 0.414 e. The number of aromatic nitrogens is 1. The van der Waals surface area contributed by atoms with Crippen molar-refractivity contribution in [3.8, 4) is 22.6 Å². The van der Waals surface area contributed by atoms with Crippen molar-refractivity contribution >= 4 is 29.6 Å². The number of hydrogen-bond acceptors (Lipinski definition) is 13. The van der Waals surface area contributed by atoms with E-state index >= 15 is 0 Å². The molecule has 0 aliphatic rings. The zero-order chi connectivity index (χ0) is 35.8. The first-order valence-corrected chi connectivity index (χ1v) is 14.4. The highest BCUT2D eigenvalue weighted by molar-refractivity contribution is 6.27. The molecule has 0 aliphatic carbocycles. The van der Waals surface area contributed by atoms with Gasteiger partial charge in [-0.25, -0.2) is 19.2 Å². The Balaban J connectivity index is 0.00000122. The summed E-state index contributed by atoms with van der Waals surface area (Å²) in [4.78, 5) is 59.2. The van der Waals surface area contributed by atoms with Crippen LogP contribution in [0.4, 0.5) is 5.69 Å². The molecule has 3 aromatic rings. The minimum Gasteiger partial charge on any atom is -0.493 e. The number of nitrogens with one attached hydrogen (secondary N) is 1. The molecule has 1 atom stereocenters. The van der Waals surface area contributed by atoms with E-state index in [1.807, 2.05) is 30.3 Å². The number of non-ortho nitro benzene ring substituents is 1. The van der Waals surface area contributed by atoms with E-state index in [1.165, 1.54) is 32.4 Å². The van der Waals surface area contributed by atoms with Crippen molar-refractivity contribution in [3.63, 3.8) is 0 Å². The topological polar surface area (TPSA) is 234 Å². The fourth-order valence-corrected chi connectivity index (χ4v) is 4.35. The fraction of sp³-hybridized carbons (Fsp3) is 0.344. The van der Waals surface area contributed by atoms with Gasteiger partial charge in [0.05, 0.1) is 48.3 Å². The van der Waals surface area contributed by atoms with Crippen LogP contribution in [0.15, 0.2) is 48.5 Å². The summed E-state index contributed by atoms with van der Waals surface area (Å²) in [5.41, 5.74) is 0.517. The zero-order valence-electron chi connectivity index (χ0n) is 26.8. The number of ether oxygens (including phenoxy) is 4. The molecule has 16 heteroatoms. The largest absolute Gasteiger partial charge is 0.493 e. The summed E-state index contributed by atoms with van der Waals surface area (Å²) in [7, 11) is 2.38. The van der Waals surface area contributed by atoms with Gasteiger partial charge in [-0.05, 0) is 51.4 Å². The third-order valence-electron chi connectivity index (χ3n) is 6.54. The van der Waals surface area contributed by atoms with Gasteiger partial charge in [0, 0.05) is 29.8 Å². The number of methoxy groups -OCH3 is 2. The van der Waals surface area contributed by atoms with Gasteiger partial charge in [-0.15, -0.1) is 0 Å². The Labute approximate surface area is 275 Å². The maximum atomic E-state index is 12.8. The number of aliphatic hydroxyl groups excluding tert-OH is 1. The SMILES string of the molecule is COC(=O)c1c(C)nc(C)c(C(=O)OC)c1-c1cc([N+](=O)[O-])ccc1OCCCCNC[C@@H](O)COc1ccccc1.O=C(O)C(=O)O. The van der Waals surface area contributed by atoms with Gasteiger partial charge >= 0.3 is 23.9 Å². The van der Waals surface area contributed by atoms with E-state index in [0.29, 0.717) is 31.7 Å². The second-order valence-corrected chi connectivity index (χ2v) is 9.98. The number of nitro benzene ring substituents is 1. The first kappa shape index (κ1) is 38.6. The highest BCUT2D eigenvalue weighted by atomic mass is 16.6. The van der Waals surface area contributed by atoms with Crippen LogP contribution in [0, 0.1) is 24.0 Å². The molecule has 0 radical (unpaired) electrons. The zero-order valence-corrected chi connectivity index (χ0v) is 26.8. The molecule has 0 aliphatic heterocycles. The normalized spacial score (nSPS) is 10.9. The number of nitrogens with zero attached hydrogens (tertiary/aromatic N) is 2. The summed E-state index contributed by atoms with van der Waals surface area (Å²) in [6.07, 6.45) is 0.648. The standard InChI is InChI=1S/C30H35N3O9.C2H2O4/c1-19-26(29(35)39-3)28(27(20(2)32-19)30(36)40-4)24-16-21(33(37)38)12-13-25(24)41-15-9-8-14-31-17-22(34)18-42-23-10-6-5-7-11-23;3-1(4)2(5)6/h5-7,10-13,16,22,31,34H,8-9,14-15,17-18H2,1-4H3;(H,3,4)(H,5,6)/t22-;/m1./s1. The molecule has 1 aromatic heterocycles. The number of carboxylic acids is 2. The Morgan fingerprint density at radius 3 is 2.00 bits per heavy atom. The molecule has 16 nitrogen and oxygen atoms in total. The molecular formula is C32H37N3O13. The molecule has 0 amide bonds. The van der Waals surface area contributed by atoms with Gasteiger partial charge in [-0.1, -0.05) is 18.2 Å². The second kappa shape index (κ2) is 19.1. The van der Waals surface area contributed by atoms with Crippen molar-refractivity contribution in [3.05, 3.63) is 81.2 Å². The number of carbonyl (C=O) groups is 4. The number of aliphatic carboxylic acids is 2. The summed E-state index contributed by atoms with van der Waals surface area (Å²) in [5, 5.41) is 39.7. The quantitative estimate of drug-likeness (QED) is 0.0597. The van der Waals surface area contributed by atoms with Crippen LogP contribution < -0.4 is 14.8 Å². The van der Waals surface area contributed by atoms with Gasteiger partial charge < -0.3 is 39.6 Å². The van der Waals surface area contributed by atoms with Crippen LogP contribution in [0.2, 0.25) is 0 Å². The van der Waals surface area contributed by atoms with Crippen molar-refractivity contribution in [2.75, 3.05) is 40.5 Å². The number of aryl methyl sites for hydroxylation is 2. The lowest BCUT2D eigenvalue weighted by Crippen LogP contribution is -2.32. The average molecular weight is 672 g/mol.